The van der Waals surface area contributed by atoms with E-state index in [1.54, 1.807) is 32.2 Å². The predicted octanol–water partition coefficient (Wildman–Crippen LogP) is 5.12. The van der Waals surface area contributed by atoms with Crippen molar-refractivity contribution in [1.82, 2.24) is 15.6 Å². The summed E-state index contributed by atoms with van der Waals surface area (Å²) in [5.41, 5.74) is -0.657. The van der Waals surface area contributed by atoms with Crippen LogP contribution in [0.2, 0.25) is 5.02 Å². The minimum absolute atomic E-state index is 0.00119. The number of nitrogens with one attached hydrogen (secondary N) is 2. The fourth-order valence-electron chi connectivity index (χ4n) is 4.37. The Hall–Kier alpha value is -2.87. The first-order valence-corrected chi connectivity index (χ1v) is 12.9. The first-order chi connectivity index (χ1) is 17.0. The number of piperidine rings is 1. The summed E-state index contributed by atoms with van der Waals surface area (Å²) in [5, 5.41) is 6.00. The highest BCUT2D eigenvalue weighted by atomic mass is 35.5. The summed E-state index contributed by atoms with van der Waals surface area (Å²) in [4.78, 5) is 32.1. The predicted molar refractivity (Wildman–Crippen MR) is 140 cm³/mol. The third-order valence-corrected chi connectivity index (χ3v) is 6.51. The van der Waals surface area contributed by atoms with Crippen LogP contribution in [-0.2, 0) is 4.79 Å². The molecule has 1 aliphatic heterocycles. The van der Waals surface area contributed by atoms with Crippen molar-refractivity contribution in [2.75, 3.05) is 11.4 Å². The van der Waals surface area contributed by atoms with Gasteiger partial charge in [-0.3, -0.25) is 9.59 Å². The standard InChI is InChI=1S/C27H36ClFN4O3/c1-6-7-20-14-19(32-26(35)27(4,5)36-21-9-10-22(28)23(29)15-21)12-13-33(20)24-11-8-18(16-30-24)25(34)31-17(2)3/h8-11,15-17,19-20H,6-7,12-14H2,1-5H3,(H,31,34)(H,32,35). The third kappa shape index (κ3) is 7.09. The molecule has 1 aromatic heterocycles. The molecule has 1 fully saturated rings. The third-order valence-electron chi connectivity index (χ3n) is 6.21. The number of aromatic nitrogens is 1. The smallest absolute Gasteiger partial charge is 0.263 e. The zero-order chi connectivity index (χ0) is 26.5. The van der Waals surface area contributed by atoms with Crippen molar-refractivity contribution in [3.63, 3.8) is 0 Å². The van der Waals surface area contributed by atoms with E-state index in [0.29, 0.717) is 5.56 Å². The Labute approximate surface area is 217 Å². The highest BCUT2D eigenvalue weighted by molar-refractivity contribution is 6.30. The number of amides is 2. The summed E-state index contributed by atoms with van der Waals surface area (Å²) >= 11 is 5.74. The zero-order valence-corrected chi connectivity index (χ0v) is 22.4. The summed E-state index contributed by atoms with van der Waals surface area (Å²) in [6.45, 7) is 10.0. The molecule has 9 heteroatoms. The van der Waals surface area contributed by atoms with Crippen molar-refractivity contribution in [3.05, 3.63) is 52.9 Å². The molecule has 0 spiro atoms. The van der Waals surface area contributed by atoms with Crippen LogP contribution in [0.15, 0.2) is 36.5 Å². The van der Waals surface area contributed by atoms with Crippen molar-refractivity contribution >= 4 is 29.2 Å². The SMILES string of the molecule is CCCC1CC(NC(=O)C(C)(C)Oc2ccc(Cl)c(F)c2)CCN1c1ccc(C(=O)NC(C)C)cn1. The van der Waals surface area contributed by atoms with E-state index in [4.69, 9.17) is 16.3 Å². The first kappa shape index (κ1) is 27.7. The number of hydrogen-bond acceptors (Lipinski definition) is 5. The number of hydrogen-bond donors (Lipinski definition) is 2. The van der Waals surface area contributed by atoms with Gasteiger partial charge in [0.15, 0.2) is 5.60 Å². The highest BCUT2D eigenvalue weighted by Crippen LogP contribution is 2.28. The average molecular weight is 519 g/mol. The molecule has 2 amide bonds. The fraction of sp³-hybridized carbons (Fsp3) is 0.519. The van der Waals surface area contributed by atoms with E-state index >= 15 is 0 Å². The quantitative estimate of drug-likeness (QED) is 0.481. The highest BCUT2D eigenvalue weighted by Gasteiger charge is 2.35. The van der Waals surface area contributed by atoms with Gasteiger partial charge in [-0.15, -0.1) is 0 Å². The van der Waals surface area contributed by atoms with Gasteiger partial charge >= 0.3 is 0 Å². The molecule has 7 nitrogen and oxygen atoms in total. The number of rotatable bonds is 9. The van der Waals surface area contributed by atoms with E-state index in [-0.39, 0.29) is 40.7 Å². The Morgan fingerprint density at radius 3 is 2.64 bits per heavy atom. The van der Waals surface area contributed by atoms with Crippen LogP contribution in [0.4, 0.5) is 10.2 Å². The molecule has 1 aromatic carbocycles. The van der Waals surface area contributed by atoms with E-state index in [1.807, 2.05) is 19.9 Å². The Balaban J connectivity index is 1.63. The van der Waals surface area contributed by atoms with E-state index in [9.17, 15) is 14.0 Å². The van der Waals surface area contributed by atoms with E-state index in [2.05, 4.69) is 27.4 Å². The lowest BCUT2D eigenvalue weighted by Gasteiger charge is -2.41. The van der Waals surface area contributed by atoms with Crippen molar-refractivity contribution in [1.29, 1.82) is 0 Å². The van der Waals surface area contributed by atoms with Crippen LogP contribution < -0.4 is 20.3 Å². The summed E-state index contributed by atoms with van der Waals surface area (Å²) in [6, 6.07) is 8.05. The lowest BCUT2D eigenvalue weighted by molar-refractivity contribution is -0.135. The van der Waals surface area contributed by atoms with Crippen LogP contribution >= 0.6 is 11.6 Å². The van der Waals surface area contributed by atoms with Gasteiger partial charge in [0.2, 0.25) is 0 Å². The number of benzene rings is 1. The molecular formula is C27H36ClFN4O3. The molecule has 1 saturated heterocycles. The maximum Gasteiger partial charge on any atom is 0.263 e. The van der Waals surface area contributed by atoms with Crippen LogP contribution in [0.3, 0.4) is 0 Å². The minimum Gasteiger partial charge on any atom is -0.478 e. The summed E-state index contributed by atoms with van der Waals surface area (Å²) in [6.07, 6.45) is 5.07. The molecule has 2 heterocycles. The minimum atomic E-state index is -1.19. The Morgan fingerprint density at radius 1 is 1.28 bits per heavy atom. The zero-order valence-electron chi connectivity index (χ0n) is 21.6. The van der Waals surface area contributed by atoms with Gasteiger partial charge in [-0.25, -0.2) is 9.37 Å². The maximum atomic E-state index is 13.8. The van der Waals surface area contributed by atoms with Gasteiger partial charge in [-0.05, 0) is 71.2 Å². The van der Waals surface area contributed by atoms with Gasteiger partial charge in [-0.1, -0.05) is 24.9 Å². The Kier molecular flexibility index (Phi) is 9.17. The van der Waals surface area contributed by atoms with Crippen LogP contribution in [-0.4, -0.2) is 47.1 Å². The Bertz CT molecular complexity index is 1060. The van der Waals surface area contributed by atoms with Gasteiger partial charge < -0.3 is 20.3 Å². The summed E-state index contributed by atoms with van der Waals surface area (Å²) in [5.74, 6) is 0.0781. The molecular weight excluding hydrogens is 483 g/mol. The first-order valence-electron chi connectivity index (χ1n) is 12.5. The molecule has 2 aromatic rings. The normalized spacial score (nSPS) is 18.2. The van der Waals surface area contributed by atoms with Crippen molar-refractivity contribution in [2.24, 2.45) is 0 Å². The number of nitrogens with zero attached hydrogens (tertiary/aromatic N) is 2. The topological polar surface area (TPSA) is 83.6 Å². The number of carbonyl (C=O) groups is 2. The molecule has 196 valence electrons. The van der Waals surface area contributed by atoms with Crippen molar-refractivity contribution < 1.29 is 18.7 Å². The van der Waals surface area contributed by atoms with Gasteiger partial charge in [0, 0.05) is 36.9 Å². The van der Waals surface area contributed by atoms with E-state index in [1.165, 1.54) is 12.1 Å². The largest absolute Gasteiger partial charge is 0.478 e. The van der Waals surface area contributed by atoms with Gasteiger partial charge in [0.1, 0.15) is 17.4 Å². The van der Waals surface area contributed by atoms with Gasteiger partial charge in [0.05, 0.1) is 10.6 Å². The van der Waals surface area contributed by atoms with Crippen LogP contribution in [0.1, 0.15) is 70.7 Å². The Morgan fingerprint density at radius 2 is 2.03 bits per heavy atom. The number of carbonyl (C=O) groups excluding carboxylic acids is 2. The number of pyridine rings is 1. The monoisotopic (exact) mass is 518 g/mol. The molecule has 2 atom stereocenters. The molecule has 0 saturated carbocycles. The second-order valence-corrected chi connectivity index (χ2v) is 10.5. The van der Waals surface area contributed by atoms with E-state index in [0.717, 1.165) is 38.0 Å². The average Bonchev–Trinajstić information content (AvgIpc) is 2.81. The molecule has 3 rings (SSSR count). The second-order valence-electron chi connectivity index (χ2n) is 10.1. The van der Waals surface area contributed by atoms with Crippen LogP contribution in [0.25, 0.3) is 0 Å². The fourth-order valence-corrected chi connectivity index (χ4v) is 4.48. The molecule has 0 bridgehead atoms. The summed E-state index contributed by atoms with van der Waals surface area (Å²) < 4.78 is 19.6. The van der Waals surface area contributed by atoms with Crippen LogP contribution in [0.5, 0.6) is 5.75 Å². The molecule has 36 heavy (non-hydrogen) atoms. The summed E-state index contributed by atoms with van der Waals surface area (Å²) in [7, 11) is 0. The molecule has 0 aliphatic carbocycles. The number of ether oxygens (including phenoxy) is 1. The number of anilines is 1. The lowest BCUT2D eigenvalue weighted by atomic mass is 9.93. The lowest BCUT2D eigenvalue weighted by Crippen LogP contribution is -2.55. The van der Waals surface area contributed by atoms with Crippen molar-refractivity contribution in [3.8, 4) is 5.75 Å². The number of halogens is 2. The molecule has 1 aliphatic rings. The van der Waals surface area contributed by atoms with Crippen molar-refractivity contribution in [2.45, 2.75) is 84.0 Å². The second kappa shape index (κ2) is 11.9. The van der Waals surface area contributed by atoms with Gasteiger partial charge in [-0.2, -0.15) is 0 Å². The van der Waals surface area contributed by atoms with E-state index < -0.39 is 11.4 Å². The maximum absolute atomic E-state index is 13.8. The van der Waals surface area contributed by atoms with Crippen LogP contribution in [0, 0.1) is 5.82 Å². The molecule has 2 N–H and O–H groups in total. The van der Waals surface area contributed by atoms with Gasteiger partial charge in [0.25, 0.3) is 11.8 Å². The molecule has 0 radical (unpaired) electrons. The molecule has 2 unspecified atom stereocenters.